The lowest BCUT2D eigenvalue weighted by Gasteiger charge is -2.19. The Kier molecular flexibility index (Phi) is 2.81. The fourth-order valence-electron chi connectivity index (χ4n) is 1.60. The molecule has 1 heterocycles. The maximum absolute atomic E-state index is 11.7. The SMILES string of the molecule is CCOC(=O)C1=C(O)COc2ccccc21. The molecule has 0 unspecified atom stereocenters. The molecule has 16 heavy (non-hydrogen) atoms. The van der Waals surface area contributed by atoms with Gasteiger partial charge in [-0.15, -0.1) is 0 Å². The van der Waals surface area contributed by atoms with Crippen LogP contribution in [-0.4, -0.2) is 24.3 Å². The third-order valence-corrected chi connectivity index (χ3v) is 2.29. The van der Waals surface area contributed by atoms with Gasteiger partial charge in [0.15, 0.2) is 0 Å². The van der Waals surface area contributed by atoms with Gasteiger partial charge in [0, 0.05) is 5.56 Å². The van der Waals surface area contributed by atoms with Gasteiger partial charge in [0.25, 0.3) is 0 Å². The van der Waals surface area contributed by atoms with E-state index in [4.69, 9.17) is 9.47 Å². The summed E-state index contributed by atoms with van der Waals surface area (Å²) in [5.74, 6) is -0.0174. The van der Waals surface area contributed by atoms with Crippen LogP contribution in [0.15, 0.2) is 30.0 Å². The number of benzene rings is 1. The molecule has 84 valence electrons. The van der Waals surface area contributed by atoms with E-state index < -0.39 is 5.97 Å². The van der Waals surface area contributed by atoms with E-state index in [2.05, 4.69) is 0 Å². The number of hydrogen-bond donors (Lipinski definition) is 1. The van der Waals surface area contributed by atoms with E-state index in [1.165, 1.54) is 0 Å². The van der Waals surface area contributed by atoms with Crippen molar-refractivity contribution < 1.29 is 19.4 Å². The van der Waals surface area contributed by atoms with E-state index in [-0.39, 0.29) is 24.5 Å². The van der Waals surface area contributed by atoms with Gasteiger partial charge in [-0.1, -0.05) is 18.2 Å². The Balaban J connectivity index is 2.45. The summed E-state index contributed by atoms with van der Waals surface area (Å²) in [4.78, 5) is 11.7. The molecule has 0 saturated heterocycles. The third-order valence-electron chi connectivity index (χ3n) is 2.29. The van der Waals surface area contributed by atoms with Crippen molar-refractivity contribution in [3.63, 3.8) is 0 Å². The second-order valence-corrected chi connectivity index (χ2v) is 3.33. The molecule has 1 aromatic rings. The number of ether oxygens (including phenoxy) is 2. The van der Waals surface area contributed by atoms with E-state index in [0.717, 1.165) is 0 Å². The van der Waals surface area contributed by atoms with Crippen LogP contribution in [0.4, 0.5) is 0 Å². The molecule has 1 aliphatic rings. The van der Waals surface area contributed by atoms with Gasteiger partial charge in [-0.05, 0) is 13.0 Å². The summed E-state index contributed by atoms with van der Waals surface area (Å²) < 4.78 is 10.2. The summed E-state index contributed by atoms with van der Waals surface area (Å²) in [5.41, 5.74) is 0.772. The zero-order valence-electron chi connectivity index (χ0n) is 8.90. The first-order valence-electron chi connectivity index (χ1n) is 5.05. The van der Waals surface area contributed by atoms with E-state index in [9.17, 15) is 9.90 Å². The summed E-state index contributed by atoms with van der Waals surface area (Å²) in [7, 11) is 0. The zero-order valence-corrected chi connectivity index (χ0v) is 8.90. The predicted octanol–water partition coefficient (Wildman–Crippen LogP) is 1.91. The molecule has 0 aromatic heterocycles. The highest BCUT2D eigenvalue weighted by atomic mass is 16.5. The summed E-state index contributed by atoms with van der Waals surface area (Å²) in [6.45, 7) is 2.00. The summed E-state index contributed by atoms with van der Waals surface area (Å²) >= 11 is 0. The van der Waals surface area contributed by atoms with Gasteiger partial charge in [-0.25, -0.2) is 4.79 Å². The number of aliphatic hydroxyl groups is 1. The van der Waals surface area contributed by atoms with E-state index in [1.54, 1.807) is 25.1 Å². The first-order chi connectivity index (χ1) is 7.74. The first kappa shape index (κ1) is 10.5. The number of carbonyl (C=O) groups excluding carboxylic acids is 1. The number of esters is 1. The van der Waals surface area contributed by atoms with Gasteiger partial charge in [0.2, 0.25) is 0 Å². The molecule has 0 spiro atoms. The lowest BCUT2D eigenvalue weighted by atomic mass is 10.0. The fraction of sp³-hybridized carbons (Fsp3) is 0.250. The maximum atomic E-state index is 11.7. The Bertz CT molecular complexity index is 448. The zero-order chi connectivity index (χ0) is 11.5. The second-order valence-electron chi connectivity index (χ2n) is 3.33. The van der Waals surface area contributed by atoms with Crippen LogP contribution in [0.2, 0.25) is 0 Å². The quantitative estimate of drug-likeness (QED) is 0.773. The molecule has 0 saturated carbocycles. The maximum Gasteiger partial charge on any atom is 0.342 e. The minimum Gasteiger partial charge on any atom is -0.508 e. The van der Waals surface area contributed by atoms with E-state index in [1.807, 2.05) is 6.07 Å². The number of fused-ring (bicyclic) bond motifs is 1. The van der Waals surface area contributed by atoms with Crippen LogP contribution in [0, 0.1) is 0 Å². The molecule has 0 aliphatic carbocycles. The molecule has 0 fully saturated rings. The standard InChI is InChI=1S/C12H12O4/c1-2-15-12(14)11-8-5-3-4-6-10(8)16-7-9(11)13/h3-6,13H,2,7H2,1H3. The average Bonchev–Trinajstić information content (AvgIpc) is 2.29. The molecule has 1 aliphatic heterocycles. The Morgan fingerprint density at radius 2 is 2.25 bits per heavy atom. The lowest BCUT2D eigenvalue weighted by Crippen LogP contribution is -2.17. The summed E-state index contributed by atoms with van der Waals surface area (Å²) in [5, 5.41) is 9.67. The number of para-hydroxylation sites is 1. The highest BCUT2D eigenvalue weighted by molar-refractivity contribution is 6.18. The molecule has 4 heteroatoms. The van der Waals surface area contributed by atoms with Gasteiger partial charge >= 0.3 is 5.97 Å². The van der Waals surface area contributed by atoms with Crippen LogP contribution < -0.4 is 4.74 Å². The molecule has 0 radical (unpaired) electrons. The molecule has 4 nitrogen and oxygen atoms in total. The molecule has 1 aromatic carbocycles. The van der Waals surface area contributed by atoms with E-state index in [0.29, 0.717) is 11.3 Å². The molecule has 0 bridgehead atoms. The molecular formula is C12H12O4. The highest BCUT2D eigenvalue weighted by Crippen LogP contribution is 2.32. The van der Waals surface area contributed by atoms with Crippen LogP contribution in [0.1, 0.15) is 12.5 Å². The van der Waals surface area contributed by atoms with Crippen LogP contribution >= 0.6 is 0 Å². The average molecular weight is 220 g/mol. The Morgan fingerprint density at radius 3 is 3.00 bits per heavy atom. The third kappa shape index (κ3) is 1.74. The van der Waals surface area contributed by atoms with Gasteiger partial charge < -0.3 is 14.6 Å². The van der Waals surface area contributed by atoms with Crippen molar-refractivity contribution in [2.24, 2.45) is 0 Å². The monoisotopic (exact) mass is 220 g/mol. The number of hydrogen-bond acceptors (Lipinski definition) is 4. The van der Waals surface area contributed by atoms with Crippen LogP contribution in [0.25, 0.3) is 5.57 Å². The van der Waals surface area contributed by atoms with Gasteiger partial charge in [-0.3, -0.25) is 0 Å². The summed E-state index contributed by atoms with van der Waals surface area (Å²) in [6, 6.07) is 7.06. The van der Waals surface area contributed by atoms with Crippen molar-refractivity contribution in [2.75, 3.05) is 13.2 Å². The van der Waals surface area contributed by atoms with Gasteiger partial charge in [-0.2, -0.15) is 0 Å². The molecule has 0 amide bonds. The predicted molar refractivity (Wildman–Crippen MR) is 58.1 cm³/mol. The molecule has 2 rings (SSSR count). The van der Waals surface area contributed by atoms with Crippen LogP contribution in [-0.2, 0) is 9.53 Å². The number of carbonyl (C=O) groups is 1. The van der Waals surface area contributed by atoms with Crippen molar-refractivity contribution in [1.82, 2.24) is 0 Å². The number of rotatable bonds is 2. The number of aliphatic hydroxyl groups excluding tert-OH is 1. The van der Waals surface area contributed by atoms with Crippen molar-refractivity contribution in [2.45, 2.75) is 6.92 Å². The molecule has 0 atom stereocenters. The second kappa shape index (κ2) is 4.26. The minimum absolute atomic E-state index is 0.00512. The van der Waals surface area contributed by atoms with Gasteiger partial charge in [0.05, 0.1) is 6.61 Å². The van der Waals surface area contributed by atoms with Crippen LogP contribution in [0.3, 0.4) is 0 Å². The smallest absolute Gasteiger partial charge is 0.342 e. The topological polar surface area (TPSA) is 55.8 Å². The van der Waals surface area contributed by atoms with Crippen molar-refractivity contribution in [3.8, 4) is 5.75 Å². The van der Waals surface area contributed by atoms with Gasteiger partial charge in [0.1, 0.15) is 23.7 Å². The largest absolute Gasteiger partial charge is 0.508 e. The Morgan fingerprint density at radius 1 is 1.50 bits per heavy atom. The summed E-state index contributed by atoms with van der Waals surface area (Å²) in [6.07, 6.45) is 0. The molecule has 1 N–H and O–H groups in total. The highest BCUT2D eigenvalue weighted by Gasteiger charge is 2.26. The van der Waals surface area contributed by atoms with Crippen molar-refractivity contribution in [1.29, 1.82) is 0 Å². The first-order valence-corrected chi connectivity index (χ1v) is 5.05. The van der Waals surface area contributed by atoms with Crippen LogP contribution in [0.5, 0.6) is 5.75 Å². The Labute approximate surface area is 93.1 Å². The van der Waals surface area contributed by atoms with Crippen molar-refractivity contribution in [3.05, 3.63) is 35.6 Å². The lowest BCUT2D eigenvalue weighted by molar-refractivity contribution is -0.136. The normalized spacial score (nSPS) is 14.1. The Hall–Kier alpha value is -1.97. The molecular weight excluding hydrogens is 208 g/mol. The minimum atomic E-state index is -0.518. The van der Waals surface area contributed by atoms with E-state index >= 15 is 0 Å². The van der Waals surface area contributed by atoms with Crippen molar-refractivity contribution >= 4 is 11.5 Å². The fourth-order valence-corrected chi connectivity index (χ4v) is 1.60.